The van der Waals surface area contributed by atoms with Crippen LogP contribution in [0, 0.1) is 0 Å². The van der Waals surface area contributed by atoms with Gasteiger partial charge in [-0.05, 0) is 0 Å². The fourth-order valence-electron chi connectivity index (χ4n) is 0. The van der Waals surface area contributed by atoms with Crippen molar-refractivity contribution in [1.82, 2.24) is 0 Å². The van der Waals surface area contributed by atoms with Crippen molar-refractivity contribution in [2.75, 3.05) is 0 Å². The van der Waals surface area contributed by atoms with Crippen molar-refractivity contribution in [1.29, 1.82) is 0 Å². The number of hydrogen-bond acceptors (Lipinski definition) is 5. The van der Waals surface area contributed by atoms with E-state index in [-0.39, 0.29) is 51.4 Å². The van der Waals surface area contributed by atoms with Crippen molar-refractivity contribution in [3.05, 3.63) is 0 Å². The zero-order chi connectivity index (χ0) is 8.73. The van der Waals surface area contributed by atoms with E-state index in [0.717, 1.165) is 0 Å². The van der Waals surface area contributed by atoms with Crippen LogP contribution in [0.1, 0.15) is 0 Å². The van der Waals surface area contributed by atoms with Gasteiger partial charge in [0.25, 0.3) is 0 Å². The third-order valence-electron chi connectivity index (χ3n) is 0.183. The molecular weight excluding hydrogens is 186 g/mol. The Morgan fingerprint density at radius 1 is 1.09 bits per heavy atom. The Kier molecular flexibility index (Phi) is 16.8. The van der Waals surface area contributed by atoms with Crippen LogP contribution in [0.15, 0.2) is 0 Å². The second kappa shape index (κ2) is 10.5. The largest absolute Gasteiger partial charge is 1.00 e. The van der Waals surface area contributed by atoms with Crippen LogP contribution >= 0.6 is 0 Å². The Balaban J connectivity index is -0.000000114. The van der Waals surface area contributed by atoms with E-state index < -0.39 is 19.3 Å². The van der Waals surface area contributed by atoms with Crippen molar-refractivity contribution in [2.24, 2.45) is 0 Å². The average molecular weight is 190 g/mol. The number of hydrogen-bond donors (Lipinski definition) is 4. The molecule has 0 spiro atoms. The van der Waals surface area contributed by atoms with Crippen molar-refractivity contribution in [3.63, 3.8) is 0 Å². The summed E-state index contributed by atoms with van der Waals surface area (Å²) in [6.45, 7) is 0. The summed E-state index contributed by atoms with van der Waals surface area (Å²) < 4.78 is 0. The Bertz CT molecular complexity index is 109. The van der Waals surface area contributed by atoms with E-state index in [1.54, 1.807) is 0 Å². The zero-order valence-electron chi connectivity index (χ0n) is 5.59. The molecule has 58 valence electrons. The van der Waals surface area contributed by atoms with Gasteiger partial charge in [0, 0.05) is 0 Å². The van der Waals surface area contributed by atoms with Crippen molar-refractivity contribution in [2.45, 2.75) is 0 Å². The monoisotopic (exact) mass is 190 g/mol. The third kappa shape index (κ3) is 37.4. The summed E-state index contributed by atoms with van der Waals surface area (Å²) in [4.78, 5) is 18.2. The topological polar surface area (TPSA) is 138 Å². The van der Waals surface area contributed by atoms with Crippen molar-refractivity contribution >= 4 is 19.3 Å². The first-order valence-electron chi connectivity index (χ1n) is 1.86. The molecule has 0 aromatic carbocycles. The SMILES string of the molecule is O=C(O)C(=O)O.[K+].[O-]B(O)O. The molecule has 0 aliphatic carbocycles. The predicted molar refractivity (Wildman–Crippen MR) is 25.5 cm³/mol. The number of carboxylic acid groups (broad SMARTS) is 2. The Hall–Kier alpha value is 0.521. The van der Waals surface area contributed by atoms with Gasteiger partial charge < -0.3 is 25.3 Å². The molecule has 9 heteroatoms. The first kappa shape index (κ1) is 17.6. The fourth-order valence-corrected chi connectivity index (χ4v) is 0. The second-order valence-corrected chi connectivity index (χ2v) is 0.937. The summed E-state index contributed by atoms with van der Waals surface area (Å²) in [5.74, 6) is -3.65. The molecule has 0 heterocycles. The summed E-state index contributed by atoms with van der Waals surface area (Å²) in [5.41, 5.74) is 0. The van der Waals surface area contributed by atoms with Gasteiger partial charge in [0.1, 0.15) is 0 Å². The second-order valence-electron chi connectivity index (χ2n) is 0.937. The maximum absolute atomic E-state index is 9.10. The fraction of sp³-hybridized carbons (Fsp3) is 0. The minimum absolute atomic E-state index is 0. The summed E-state index contributed by atoms with van der Waals surface area (Å²) in [7, 11) is -2.42. The van der Waals surface area contributed by atoms with Gasteiger partial charge in [0.2, 0.25) is 0 Å². The van der Waals surface area contributed by atoms with Crippen LogP contribution in [0.4, 0.5) is 0 Å². The summed E-state index contributed by atoms with van der Waals surface area (Å²) in [5, 5.41) is 37.5. The van der Waals surface area contributed by atoms with Gasteiger partial charge in [0.05, 0.1) is 0 Å². The molecule has 0 bridgehead atoms. The smallest absolute Gasteiger partial charge is 0.832 e. The van der Waals surface area contributed by atoms with E-state index in [0.29, 0.717) is 0 Å². The van der Waals surface area contributed by atoms with Gasteiger partial charge in [-0.2, -0.15) is 0 Å². The molecule has 0 aliphatic rings. The summed E-state index contributed by atoms with van der Waals surface area (Å²) in [6.07, 6.45) is 0. The number of carboxylic acids is 2. The number of carbonyl (C=O) groups is 2. The average Bonchev–Trinajstić information content (AvgIpc) is 1.63. The molecule has 0 rings (SSSR count). The molecule has 0 aliphatic heterocycles. The Labute approximate surface area is 104 Å². The van der Waals surface area contributed by atoms with Gasteiger partial charge in [-0.1, -0.05) is 0 Å². The van der Waals surface area contributed by atoms with E-state index in [2.05, 4.69) is 0 Å². The normalized spacial score (nSPS) is 6.45. The van der Waals surface area contributed by atoms with Crippen LogP contribution in [0.25, 0.3) is 0 Å². The molecule has 0 saturated carbocycles. The molecule has 0 aromatic heterocycles. The van der Waals surface area contributed by atoms with Crippen LogP contribution in [0.2, 0.25) is 0 Å². The van der Waals surface area contributed by atoms with E-state index in [9.17, 15) is 0 Å². The van der Waals surface area contributed by atoms with Gasteiger partial charge in [-0.25, -0.2) is 9.59 Å². The van der Waals surface area contributed by atoms with Gasteiger partial charge in [0.15, 0.2) is 0 Å². The standard InChI is InChI=1S/C2H2O4.BH2O3.K/c3-1(4)2(5)6;2-1(3)4;/h(H,3,4)(H,5,6);2-3H;/q;-1;+1. The number of rotatable bonds is 0. The molecule has 0 saturated heterocycles. The summed E-state index contributed by atoms with van der Waals surface area (Å²) >= 11 is 0. The summed E-state index contributed by atoms with van der Waals surface area (Å²) in [6, 6.07) is 0. The Morgan fingerprint density at radius 3 is 1.18 bits per heavy atom. The van der Waals surface area contributed by atoms with Crippen LogP contribution < -0.4 is 56.4 Å². The van der Waals surface area contributed by atoms with Gasteiger partial charge >= 0.3 is 70.6 Å². The molecule has 0 fully saturated rings. The molecule has 0 unspecified atom stereocenters. The van der Waals surface area contributed by atoms with E-state index in [1.807, 2.05) is 0 Å². The molecule has 0 amide bonds. The van der Waals surface area contributed by atoms with Crippen LogP contribution in [0.3, 0.4) is 0 Å². The molecule has 4 N–H and O–H groups in total. The predicted octanol–water partition coefficient (Wildman–Crippen LogP) is -6.52. The first-order valence-corrected chi connectivity index (χ1v) is 1.86. The number of aliphatic carboxylic acids is 2. The third-order valence-corrected chi connectivity index (χ3v) is 0.183. The quantitative estimate of drug-likeness (QED) is 0.220. The van der Waals surface area contributed by atoms with Gasteiger partial charge in [-0.3, -0.25) is 0 Å². The van der Waals surface area contributed by atoms with E-state index in [4.69, 9.17) is 34.9 Å². The molecule has 0 aromatic rings. The molecule has 11 heavy (non-hydrogen) atoms. The minimum atomic E-state index is -2.42. The van der Waals surface area contributed by atoms with Crippen molar-refractivity contribution in [3.8, 4) is 0 Å². The molecule has 0 radical (unpaired) electrons. The van der Waals surface area contributed by atoms with Gasteiger partial charge in [-0.15, -0.1) is 0 Å². The van der Waals surface area contributed by atoms with Crippen LogP contribution in [0.5, 0.6) is 0 Å². The molecular formula is C2H4BKO7. The first-order chi connectivity index (χ1) is 4.37. The molecule has 7 nitrogen and oxygen atoms in total. The van der Waals surface area contributed by atoms with Crippen LogP contribution in [-0.4, -0.2) is 39.5 Å². The Morgan fingerprint density at radius 2 is 1.18 bits per heavy atom. The van der Waals surface area contributed by atoms with E-state index >= 15 is 0 Å². The minimum Gasteiger partial charge on any atom is -0.832 e. The van der Waals surface area contributed by atoms with Crippen molar-refractivity contribution < 1.29 is 86.3 Å². The zero-order valence-corrected chi connectivity index (χ0v) is 8.71. The maximum Gasteiger partial charge on any atom is 1.00 e. The van der Waals surface area contributed by atoms with E-state index in [1.165, 1.54) is 0 Å². The maximum atomic E-state index is 9.10. The molecule has 0 atom stereocenters. The van der Waals surface area contributed by atoms with Crippen LogP contribution in [-0.2, 0) is 9.59 Å².